The lowest BCUT2D eigenvalue weighted by Gasteiger charge is -2.10. The van der Waals surface area contributed by atoms with E-state index in [1.54, 1.807) is 13.2 Å². The second-order valence-corrected chi connectivity index (χ2v) is 7.01. The molecule has 6 nitrogen and oxygen atoms in total. The zero-order valence-corrected chi connectivity index (χ0v) is 16.2. The van der Waals surface area contributed by atoms with Crippen LogP contribution in [0.3, 0.4) is 0 Å². The number of aryl methyl sites for hydroxylation is 2. The summed E-state index contributed by atoms with van der Waals surface area (Å²) in [5.41, 5.74) is 9.65. The Balaban J connectivity index is 1.64. The molecule has 0 aliphatic rings. The highest BCUT2D eigenvalue weighted by atomic mass is 32.1. The van der Waals surface area contributed by atoms with Crippen molar-refractivity contribution >= 4 is 22.4 Å². The largest absolute Gasteiger partial charge is 0.494 e. The van der Waals surface area contributed by atoms with Crippen molar-refractivity contribution in [2.24, 2.45) is 0 Å². The van der Waals surface area contributed by atoms with Crippen molar-refractivity contribution in [2.45, 2.75) is 19.8 Å². The van der Waals surface area contributed by atoms with Crippen molar-refractivity contribution in [1.82, 2.24) is 15.3 Å². The van der Waals surface area contributed by atoms with Crippen LogP contribution < -0.4 is 15.8 Å². The first-order valence-electron chi connectivity index (χ1n) is 8.67. The number of thiazole rings is 1. The Morgan fingerprint density at radius 3 is 2.85 bits per heavy atom. The van der Waals surface area contributed by atoms with Crippen LogP contribution in [0.1, 0.15) is 28.2 Å². The highest BCUT2D eigenvalue weighted by Crippen LogP contribution is 2.28. The van der Waals surface area contributed by atoms with Crippen molar-refractivity contribution in [3.8, 4) is 17.0 Å². The minimum atomic E-state index is -0.110. The smallest absolute Gasteiger partial charge is 0.251 e. The summed E-state index contributed by atoms with van der Waals surface area (Å²) in [6, 6.07) is 11.2. The molecule has 0 atom stereocenters. The second kappa shape index (κ2) is 8.64. The van der Waals surface area contributed by atoms with Crippen LogP contribution in [-0.2, 0) is 6.42 Å². The SMILES string of the molecule is COc1ccc(C)nc1-c1cccc(C(=O)NCCCc2csc(N)n2)c1. The first-order valence-corrected chi connectivity index (χ1v) is 9.55. The predicted octanol–water partition coefficient (Wildman–Crippen LogP) is 3.47. The monoisotopic (exact) mass is 382 g/mol. The number of rotatable bonds is 7. The third-order valence-electron chi connectivity index (χ3n) is 4.08. The molecule has 0 unspecified atom stereocenters. The van der Waals surface area contributed by atoms with Crippen LogP contribution in [0, 0.1) is 6.92 Å². The molecule has 3 rings (SSSR count). The van der Waals surface area contributed by atoms with E-state index in [2.05, 4.69) is 15.3 Å². The molecular weight excluding hydrogens is 360 g/mol. The van der Waals surface area contributed by atoms with Crippen molar-refractivity contribution in [3.63, 3.8) is 0 Å². The van der Waals surface area contributed by atoms with Crippen LogP contribution in [0.2, 0.25) is 0 Å². The summed E-state index contributed by atoms with van der Waals surface area (Å²) in [5.74, 6) is 0.571. The maximum Gasteiger partial charge on any atom is 0.251 e. The molecule has 7 heteroatoms. The molecule has 3 aromatic rings. The Hall–Kier alpha value is -2.93. The number of nitrogens with zero attached hydrogens (tertiary/aromatic N) is 2. The lowest BCUT2D eigenvalue weighted by Crippen LogP contribution is -2.24. The van der Waals surface area contributed by atoms with Crippen LogP contribution >= 0.6 is 11.3 Å². The molecule has 0 radical (unpaired) electrons. The topological polar surface area (TPSA) is 90.1 Å². The fourth-order valence-corrected chi connectivity index (χ4v) is 3.33. The minimum absolute atomic E-state index is 0.110. The molecule has 1 amide bonds. The van der Waals surface area contributed by atoms with Crippen molar-refractivity contribution < 1.29 is 9.53 Å². The van der Waals surface area contributed by atoms with Gasteiger partial charge in [-0.05, 0) is 44.0 Å². The Kier molecular flexibility index (Phi) is 6.03. The van der Waals surface area contributed by atoms with Gasteiger partial charge in [-0.3, -0.25) is 4.79 Å². The molecule has 27 heavy (non-hydrogen) atoms. The molecule has 2 aromatic heterocycles. The summed E-state index contributed by atoms with van der Waals surface area (Å²) < 4.78 is 5.40. The van der Waals surface area contributed by atoms with Gasteiger partial charge in [0.2, 0.25) is 0 Å². The van der Waals surface area contributed by atoms with Crippen molar-refractivity contribution in [2.75, 3.05) is 19.4 Å². The molecule has 0 aliphatic heterocycles. The molecule has 0 fully saturated rings. The van der Waals surface area contributed by atoms with E-state index in [9.17, 15) is 4.79 Å². The Labute approximate surface area is 162 Å². The van der Waals surface area contributed by atoms with E-state index in [4.69, 9.17) is 10.5 Å². The van der Waals surface area contributed by atoms with Crippen molar-refractivity contribution in [1.29, 1.82) is 0 Å². The number of benzene rings is 1. The molecule has 0 saturated carbocycles. The third-order valence-corrected chi connectivity index (χ3v) is 4.80. The fraction of sp³-hybridized carbons (Fsp3) is 0.250. The van der Waals surface area contributed by atoms with E-state index in [0.29, 0.717) is 23.0 Å². The first kappa shape index (κ1) is 18.8. The molecule has 0 saturated heterocycles. The van der Waals surface area contributed by atoms with E-state index in [1.807, 2.05) is 42.6 Å². The van der Waals surface area contributed by atoms with Gasteiger partial charge in [0.15, 0.2) is 5.13 Å². The van der Waals surface area contributed by atoms with Crippen LogP contribution in [0.5, 0.6) is 5.75 Å². The van der Waals surface area contributed by atoms with Gasteiger partial charge in [0.1, 0.15) is 11.4 Å². The molecule has 0 bridgehead atoms. The second-order valence-electron chi connectivity index (χ2n) is 6.12. The summed E-state index contributed by atoms with van der Waals surface area (Å²) in [6.45, 7) is 2.50. The standard InChI is InChI=1S/C20H22N4O2S/c1-13-8-9-17(26-2)18(23-13)14-5-3-6-15(11-14)19(25)22-10-4-7-16-12-27-20(21)24-16/h3,5-6,8-9,11-12H,4,7,10H2,1-2H3,(H2,21,24)(H,22,25). The van der Waals surface area contributed by atoms with Gasteiger partial charge in [-0.25, -0.2) is 9.97 Å². The normalized spacial score (nSPS) is 10.6. The number of pyridine rings is 1. The minimum Gasteiger partial charge on any atom is -0.494 e. The van der Waals surface area contributed by atoms with E-state index >= 15 is 0 Å². The fourth-order valence-electron chi connectivity index (χ4n) is 2.73. The Morgan fingerprint density at radius 2 is 2.11 bits per heavy atom. The van der Waals surface area contributed by atoms with Crippen LogP contribution in [-0.4, -0.2) is 29.5 Å². The van der Waals surface area contributed by atoms with Gasteiger partial charge in [0, 0.05) is 28.7 Å². The van der Waals surface area contributed by atoms with Gasteiger partial charge in [-0.15, -0.1) is 11.3 Å². The molecule has 2 heterocycles. The van der Waals surface area contributed by atoms with Gasteiger partial charge in [-0.1, -0.05) is 12.1 Å². The average molecular weight is 382 g/mol. The summed E-state index contributed by atoms with van der Waals surface area (Å²) in [6.07, 6.45) is 1.60. The number of carbonyl (C=O) groups excluding carboxylic acids is 1. The average Bonchev–Trinajstić information content (AvgIpc) is 3.10. The van der Waals surface area contributed by atoms with Crippen LogP contribution in [0.25, 0.3) is 11.3 Å². The van der Waals surface area contributed by atoms with Gasteiger partial charge in [-0.2, -0.15) is 0 Å². The number of hydrogen-bond donors (Lipinski definition) is 2. The van der Waals surface area contributed by atoms with E-state index in [-0.39, 0.29) is 5.91 Å². The molecule has 0 aliphatic carbocycles. The quantitative estimate of drug-likeness (QED) is 0.611. The lowest BCUT2D eigenvalue weighted by atomic mass is 10.1. The number of hydrogen-bond acceptors (Lipinski definition) is 6. The number of nitrogens with two attached hydrogens (primary N) is 1. The van der Waals surface area contributed by atoms with Crippen molar-refractivity contribution in [3.05, 3.63) is 58.7 Å². The Morgan fingerprint density at radius 1 is 1.26 bits per heavy atom. The number of carbonyl (C=O) groups is 1. The van der Waals surface area contributed by atoms with E-state index in [1.165, 1.54) is 11.3 Å². The van der Waals surface area contributed by atoms with Gasteiger partial charge in [0.05, 0.1) is 12.8 Å². The predicted molar refractivity (Wildman–Crippen MR) is 108 cm³/mol. The number of methoxy groups -OCH3 is 1. The summed E-state index contributed by atoms with van der Waals surface area (Å²) in [7, 11) is 1.61. The third kappa shape index (κ3) is 4.83. The van der Waals surface area contributed by atoms with Crippen LogP contribution in [0.15, 0.2) is 41.8 Å². The molecule has 140 valence electrons. The summed E-state index contributed by atoms with van der Waals surface area (Å²) in [4.78, 5) is 21.2. The number of aromatic nitrogens is 2. The number of nitrogen functional groups attached to an aromatic ring is 1. The first-order chi connectivity index (χ1) is 13.1. The maximum absolute atomic E-state index is 12.5. The van der Waals surface area contributed by atoms with Crippen LogP contribution in [0.4, 0.5) is 5.13 Å². The lowest BCUT2D eigenvalue weighted by molar-refractivity contribution is 0.0953. The molecule has 0 spiro atoms. The van der Waals surface area contributed by atoms with Gasteiger partial charge < -0.3 is 15.8 Å². The molecule has 1 aromatic carbocycles. The highest BCUT2D eigenvalue weighted by Gasteiger charge is 2.11. The maximum atomic E-state index is 12.5. The zero-order chi connectivity index (χ0) is 19.2. The highest BCUT2D eigenvalue weighted by molar-refractivity contribution is 7.13. The summed E-state index contributed by atoms with van der Waals surface area (Å²) >= 11 is 1.43. The number of anilines is 1. The molecular formula is C20H22N4O2S. The summed E-state index contributed by atoms with van der Waals surface area (Å²) in [5, 5.41) is 5.47. The van der Waals surface area contributed by atoms with Gasteiger partial charge in [0.25, 0.3) is 5.91 Å². The number of nitrogens with one attached hydrogen (secondary N) is 1. The Bertz CT molecular complexity index is 939. The number of amides is 1. The van der Waals surface area contributed by atoms with Gasteiger partial charge >= 0.3 is 0 Å². The van der Waals surface area contributed by atoms with E-state index < -0.39 is 0 Å². The zero-order valence-electron chi connectivity index (χ0n) is 15.4. The van der Waals surface area contributed by atoms with E-state index in [0.717, 1.165) is 35.5 Å². The number of ether oxygens (including phenoxy) is 1. The molecule has 3 N–H and O–H groups in total.